The Balaban J connectivity index is 1.63. The van der Waals surface area contributed by atoms with Crippen LogP contribution in [-0.2, 0) is 4.74 Å². The van der Waals surface area contributed by atoms with Crippen molar-refractivity contribution in [2.24, 2.45) is 0 Å². The number of likely N-dealkylation sites (N-methyl/N-ethyl adjacent to an activating group) is 1. The molecule has 2 aliphatic rings. The number of likely N-dealkylation sites (tertiary alicyclic amines) is 1. The molecule has 0 aliphatic carbocycles. The van der Waals surface area contributed by atoms with Crippen LogP contribution in [0.1, 0.15) is 46.5 Å². The summed E-state index contributed by atoms with van der Waals surface area (Å²) in [6, 6.07) is 0.759. The van der Waals surface area contributed by atoms with Crippen molar-refractivity contribution in [1.29, 1.82) is 0 Å². The molecule has 17 heavy (non-hydrogen) atoms. The van der Waals surface area contributed by atoms with E-state index in [1.807, 2.05) is 0 Å². The Morgan fingerprint density at radius 1 is 1.29 bits per heavy atom. The first-order valence-corrected chi connectivity index (χ1v) is 7.23. The first-order valence-electron chi connectivity index (χ1n) is 7.23. The van der Waals surface area contributed by atoms with E-state index >= 15 is 0 Å². The van der Waals surface area contributed by atoms with Gasteiger partial charge in [0.25, 0.3) is 0 Å². The number of rotatable bonds is 5. The van der Waals surface area contributed by atoms with Gasteiger partial charge < -0.3 is 10.1 Å². The summed E-state index contributed by atoms with van der Waals surface area (Å²) in [6.45, 7) is 11.3. The topological polar surface area (TPSA) is 24.5 Å². The largest absolute Gasteiger partial charge is 0.371 e. The Bertz CT molecular complexity index is 242. The average Bonchev–Trinajstić information content (AvgIpc) is 2.85. The maximum absolute atomic E-state index is 5.99. The average molecular weight is 240 g/mol. The lowest BCUT2D eigenvalue weighted by Crippen LogP contribution is -2.40. The molecule has 3 heteroatoms. The highest BCUT2D eigenvalue weighted by molar-refractivity contribution is 4.84. The normalized spacial score (nSPS) is 33.4. The molecule has 0 aromatic carbocycles. The van der Waals surface area contributed by atoms with E-state index in [0.29, 0.717) is 6.10 Å². The molecule has 100 valence electrons. The van der Waals surface area contributed by atoms with Gasteiger partial charge in [-0.15, -0.1) is 0 Å². The molecular formula is C14H28N2O. The van der Waals surface area contributed by atoms with E-state index in [4.69, 9.17) is 4.74 Å². The summed E-state index contributed by atoms with van der Waals surface area (Å²) in [7, 11) is 0. The van der Waals surface area contributed by atoms with Crippen LogP contribution in [0.25, 0.3) is 0 Å². The lowest BCUT2D eigenvalue weighted by atomic mass is 10.1. The van der Waals surface area contributed by atoms with Gasteiger partial charge in [0.05, 0.1) is 11.7 Å². The molecule has 0 radical (unpaired) electrons. The van der Waals surface area contributed by atoms with Crippen molar-refractivity contribution in [3.8, 4) is 0 Å². The highest BCUT2D eigenvalue weighted by Crippen LogP contribution is 2.28. The number of nitrogens with zero attached hydrogens (tertiary/aromatic N) is 1. The lowest BCUT2D eigenvalue weighted by molar-refractivity contribution is -0.0145. The van der Waals surface area contributed by atoms with E-state index < -0.39 is 0 Å². The highest BCUT2D eigenvalue weighted by Gasteiger charge is 2.31. The zero-order valence-corrected chi connectivity index (χ0v) is 11.7. The summed E-state index contributed by atoms with van der Waals surface area (Å²) in [5.41, 5.74) is 0.106. The first-order chi connectivity index (χ1) is 8.11. The lowest BCUT2D eigenvalue weighted by Gasteiger charge is -2.24. The van der Waals surface area contributed by atoms with Crippen molar-refractivity contribution in [3.05, 3.63) is 0 Å². The minimum absolute atomic E-state index is 0.106. The summed E-state index contributed by atoms with van der Waals surface area (Å²) in [5, 5.41) is 3.60. The summed E-state index contributed by atoms with van der Waals surface area (Å²) >= 11 is 0. The molecule has 1 N–H and O–H groups in total. The summed E-state index contributed by atoms with van der Waals surface area (Å²) in [6.07, 6.45) is 5.57. The second-order valence-corrected chi connectivity index (χ2v) is 6.12. The maximum atomic E-state index is 5.99. The van der Waals surface area contributed by atoms with Crippen molar-refractivity contribution in [2.75, 3.05) is 26.2 Å². The molecule has 2 saturated heterocycles. The van der Waals surface area contributed by atoms with Crippen molar-refractivity contribution in [1.82, 2.24) is 10.2 Å². The fourth-order valence-electron chi connectivity index (χ4n) is 3.17. The third-order valence-corrected chi connectivity index (χ3v) is 4.21. The summed E-state index contributed by atoms with van der Waals surface area (Å²) in [4.78, 5) is 2.59. The molecule has 0 saturated carbocycles. The van der Waals surface area contributed by atoms with Crippen molar-refractivity contribution in [2.45, 2.75) is 64.2 Å². The Morgan fingerprint density at radius 2 is 2.12 bits per heavy atom. The molecular weight excluding hydrogens is 212 g/mol. The predicted molar refractivity (Wildman–Crippen MR) is 71.3 cm³/mol. The molecule has 2 unspecified atom stereocenters. The minimum atomic E-state index is 0.106. The van der Waals surface area contributed by atoms with Gasteiger partial charge in [-0.05, 0) is 52.6 Å². The monoisotopic (exact) mass is 240 g/mol. The highest BCUT2D eigenvalue weighted by atomic mass is 16.5. The summed E-state index contributed by atoms with van der Waals surface area (Å²) < 4.78 is 5.99. The third kappa shape index (κ3) is 3.67. The second kappa shape index (κ2) is 5.68. The second-order valence-electron chi connectivity index (χ2n) is 6.12. The van der Waals surface area contributed by atoms with Gasteiger partial charge in [-0.25, -0.2) is 0 Å². The smallest absolute Gasteiger partial charge is 0.0707 e. The van der Waals surface area contributed by atoms with Crippen LogP contribution in [-0.4, -0.2) is 48.8 Å². The van der Waals surface area contributed by atoms with E-state index in [2.05, 4.69) is 31.0 Å². The van der Waals surface area contributed by atoms with Gasteiger partial charge in [0.1, 0.15) is 0 Å². The SMILES string of the molecule is CCN1CCCC1CNCC1CCC(C)(C)O1. The molecule has 0 amide bonds. The van der Waals surface area contributed by atoms with E-state index in [-0.39, 0.29) is 5.60 Å². The van der Waals surface area contributed by atoms with Crippen molar-refractivity contribution >= 4 is 0 Å². The quantitative estimate of drug-likeness (QED) is 0.795. The van der Waals surface area contributed by atoms with Crippen molar-refractivity contribution in [3.63, 3.8) is 0 Å². The standard InChI is InChI=1S/C14H28N2O/c1-4-16-9-5-6-12(16)10-15-11-13-7-8-14(2,3)17-13/h12-13,15H,4-11H2,1-3H3. The van der Waals surface area contributed by atoms with Crippen LogP contribution in [0.15, 0.2) is 0 Å². The molecule has 0 bridgehead atoms. The van der Waals surface area contributed by atoms with E-state index in [9.17, 15) is 0 Å². The number of hydrogen-bond donors (Lipinski definition) is 1. The maximum Gasteiger partial charge on any atom is 0.0707 e. The van der Waals surface area contributed by atoms with Crippen LogP contribution in [0.2, 0.25) is 0 Å². The molecule has 3 nitrogen and oxygen atoms in total. The van der Waals surface area contributed by atoms with Gasteiger partial charge in [-0.3, -0.25) is 4.90 Å². The number of ether oxygens (including phenoxy) is 1. The Kier molecular flexibility index (Phi) is 4.45. The number of hydrogen-bond acceptors (Lipinski definition) is 3. The van der Waals surface area contributed by atoms with Crippen LogP contribution < -0.4 is 5.32 Å². The number of nitrogens with one attached hydrogen (secondary N) is 1. The summed E-state index contributed by atoms with van der Waals surface area (Å²) in [5.74, 6) is 0. The molecule has 0 spiro atoms. The fourth-order valence-corrected chi connectivity index (χ4v) is 3.17. The van der Waals surface area contributed by atoms with Crippen LogP contribution in [0, 0.1) is 0 Å². The van der Waals surface area contributed by atoms with Crippen molar-refractivity contribution < 1.29 is 4.74 Å². The molecule has 0 aromatic heterocycles. The van der Waals surface area contributed by atoms with Crippen LogP contribution >= 0.6 is 0 Å². The van der Waals surface area contributed by atoms with Gasteiger partial charge in [0, 0.05) is 19.1 Å². The fraction of sp³-hybridized carbons (Fsp3) is 1.00. The van der Waals surface area contributed by atoms with Crippen LogP contribution in [0.3, 0.4) is 0 Å². The predicted octanol–water partition coefficient (Wildman–Crippen LogP) is 2.02. The van der Waals surface area contributed by atoms with Gasteiger partial charge >= 0.3 is 0 Å². The molecule has 2 heterocycles. The Labute approximate surface area is 106 Å². The van der Waals surface area contributed by atoms with E-state index in [1.54, 1.807) is 0 Å². The Hall–Kier alpha value is -0.120. The van der Waals surface area contributed by atoms with E-state index in [0.717, 1.165) is 19.1 Å². The van der Waals surface area contributed by atoms with Gasteiger partial charge in [-0.1, -0.05) is 6.92 Å². The van der Waals surface area contributed by atoms with E-state index in [1.165, 1.54) is 38.8 Å². The van der Waals surface area contributed by atoms with Crippen LogP contribution in [0.5, 0.6) is 0 Å². The molecule has 2 atom stereocenters. The molecule has 2 aliphatic heterocycles. The van der Waals surface area contributed by atoms with Crippen LogP contribution in [0.4, 0.5) is 0 Å². The molecule has 0 aromatic rings. The zero-order chi connectivity index (χ0) is 12.3. The van der Waals surface area contributed by atoms with Gasteiger partial charge in [0.15, 0.2) is 0 Å². The van der Waals surface area contributed by atoms with Gasteiger partial charge in [0.2, 0.25) is 0 Å². The Morgan fingerprint density at radius 3 is 2.76 bits per heavy atom. The zero-order valence-electron chi connectivity index (χ0n) is 11.7. The third-order valence-electron chi connectivity index (χ3n) is 4.21. The minimum Gasteiger partial charge on any atom is -0.371 e. The molecule has 2 rings (SSSR count). The van der Waals surface area contributed by atoms with Gasteiger partial charge in [-0.2, -0.15) is 0 Å². The first kappa shape index (κ1) is 13.3. The molecule has 2 fully saturated rings.